The van der Waals surface area contributed by atoms with E-state index in [1.807, 2.05) is 0 Å². The molecule has 9 unspecified atom stereocenters. The van der Waals surface area contributed by atoms with E-state index >= 15 is 0 Å². The fourth-order valence-electron chi connectivity index (χ4n) is 12.8. The second-order valence-corrected chi connectivity index (χ2v) is 22.1. The van der Waals surface area contributed by atoms with Crippen LogP contribution in [0.2, 0.25) is 19.6 Å². The third kappa shape index (κ3) is 3.60. The summed E-state index contributed by atoms with van der Waals surface area (Å²) in [6.45, 7) is 28.7. The number of hydrogen-bond donors (Lipinski definition) is 0. The molecule has 5 saturated carbocycles. The Morgan fingerprint density at radius 1 is 0.543 bits per heavy atom. The molecule has 0 aliphatic heterocycles. The van der Waals surface area contributed by atoms with Crippen LogP contribution in [0, 0.1) is 56.2 Å². The van der Waals surface area contributed by atoms with Gasteiger partial charge in [-0.25, -0.2) is 0 Å². The minimum atomic E-state index is -1.54. The number of hydrogen-bond acceptors (Lipinski definition) is 1. The second kappa shape index (κ2) is 7.86. The molecule has 5 rings (SSSR count). The van der Waals surface area contributed by atoms with Crippen LogP contribution in [-0.4, -0.2) is 14.4 Å². The van der Waals surface area contributed by atoms with Crippen molar-refractivity contribution in [3.05, 3.63) is 0 Å². The molecule has 0 aromatic rings. The van der Waals surface area contributed by atoms with Gasteiger partial charge in [0.2, 0.25) is 0 Å². The van der Waals surface area contributed by atoms with Crippen LogP contribution in [0.1, 0.15) is 126 Å². The van der Waals surface area contributed by atoms with Gasteiger partial charge in [0, 0.05) is 0 Å². The molecule has 5 aliphatic carbocycles. The van der Waals surface area contributed by atoms with Crippen molar-refractivity contribution in [3.63, 3.8) is 0 Å². The van der Waals surface area contributed by atoms with Crippen LogP contribution < -0.4 is 0 Å². The minimum Gasteiger partial charge on any atom is -0.414 e. The normalized spacial score (nSPS) is 53.1. The Labute approximate surface area is 220 Å². The van der Waals surface area contributed by atoms with E-state index in [0.29, 0.717) is 38.6 Å². The van der Waals surface area contributed by atoms with Gasteiger partial charge in [0.15, 0.2) is 8.32 Å². The maximum absolute atomic E-state index is 6.89. The van der Waals surface area contributed by atoms with Crippen LogP contribution in [0.3, 0.4) is 0 Å². The van der Waals surface area contributed by atoms with E-state index in [2.05, 4.69) is 75.0 Å². The molecule has 9 atom stereocenters. The second-order valence-electron chi connectivity index (χ2n) is 17.6. The average Bonchev–Trinajstić information content (AvgIpc) is 2.69. The van der Waals surface area contributed by atoms with Crippen molar-refractivity contribution in [1.82, 2.24) is 0 Å². The van der Waals surface area contributed by atoms with Gasteiger partial charge in [0.25, 0.3) is 0 Å². The summed E-state index contributed by atoms with van der Waals surface area (Å²) in [5.74, 6) is 3.55. The van der Waals surface area contributed by atoms with Crippen LogP contribution >= 0.6 is 0 Å². The summed E-state index contributed by atoms with van der Waals surface area (Å²) in [5, 5.41) is 0. The molecule has 35 heavy (non-hydrogen) atoms. The maximum Gasteiger partial charge on any atom is 0.184 e. The van der Waals surface area contributed by atoms with E-state index in [9.17, 15) is 0 Å². The van der Waals surface area contributed by atoms with Crippen LogP contribution in [-0.2, 0) is 4.43 Å². The van der Waals surface area contributed by atoms with Crippen molar-refractivity contribution in [2.24, 2.45) is 56.2 Å². The molecule has 0 bridgehead atoms. The predicted octanol–water partition coefficient (Wildman–Crippen LogP) is 10.1. The molecule has 1 nitrogen and oxygen atoms in total. The zero-order valence-corrected chi connectivity index (χ0v) is 26.6. The fourth-order valence-corrected chi connectivity index (χ4v) is 14.1. The Bertz CT molecular complexity index is 839. The Morgan fingerprint density at radius 3 is 1.60 bits per heavy atom. The van der Waals surface area contributed by atoms with Crippen molar-refractivity contribution in [2.75, 3.05) is 0 Å². The third-order valence-corrected chi connectivity index (χ3v) is 15.3. The molecule has 0 spiro atoms. The van der Waals surface area contributed by atoms with Crippen molar-refractivity contribution in [1.29, 1.82) is 0 Å². The molecule has 5 aliphatic rings. The lowest BCUT2D eigenvalue weighted by molar-refractivity contribution is -0.262. The molecule has 0 heterocycles. The van der Waals surface area contributed by atoms with Crippen LogP contribution in [0.25, 0.3) is 0 Å². The zero-order chi connectivity index (χ0) is 25.9. The fraction of sp³-hybridized carbons (Fsp3) is 1.00. The summed E-state index contributed by atoms with van der Waals surface area (Å²) in [7, 11) is -1.54. The first-order valence-corrected chi connectivity index (χ1v) is 19.0. The molecule has 0 N–H and O–H groups in total. The summed E-state index contributed by atoms with van der Waals surface area (Å²) in [5.41, 5.74) is 2.88. The zero-order valence-electron chi connectivity index (χ0n) is 25.6. The van der Waals surface area contributed by atoms with Crippen LogP contribution in [0.4, 0.5) is 0 Å². The first kappa shape index (κ1) is 26.8. The molecule has 202 valence electrons. The lowest BCUT2D eigenvalue weighted by atomic mass is 9.30. The van der Waals surface area contributed by atoms with Gasteiger partial charge in [-0.3, -0.25) is 0 Å². The predicted molar refractivity (Wildman–Crippen MR) is 153 cm³/mol. The molecular weight excluding hydrogens is 440 g/mol. The third-order valence-electron chi connectivity index (χ3n) is 14.3. The largest absolute Gasteiger partial charge is 0.414 e. The molecule has 0 aromatic heterocycles. The Balaban J connectivity index is 1.48. The summed E-state index contributed by atoms with van der Waals surface area (Å²) < 4.78 is 6.89. The number of fused-ring (bicyclic) bond motifs is 7. The van der Waals surface area contributed by atoms with Gasteiger partial charge < -0.3 is 4.43 Å². The van der Waals surface area contributed by atoms with Crippen LogP contribution in [0.5, 0.6) is 0 Å². The topological polar surface area (TPSA) is 9.23 Å². The number of rotatable bonds is 2. The smallest absolute Gasteiger partial charge is 0.184 e. The molecular formula is C33H60OSi. The monoisotopic (exact) mass is 500 g/mol. The lowest BCUT2D eigenvalue weighted by Crippen LogP contribution is -2.68. The van der Waals surface area contributed by atoms with Crippen LogP contribution in [0.15, 0.2) is 0 Å². The van der Waals surface area contributed by atoms with E-state index < -0.39 is 8.32 Å². The summed E-state index contributed by atoms with van der Waals surface area (Å²) in [6.07, 6.45) is 16.4. The molecule has 0 amide bonds. The minimum absolute atomic E-state index is 0.295. The van der Waals surface area contributed by atoms with Gasteiger partial charge in [-0.15, -0.1) is 0 Å². The Morgan fingerprint density at radius 2 is 1.06 bits per heavy atom. The van der Waals surface area contributed by atoms with E-state index in [1.54, 1.807) is 0 Å². The molecule has 2 heteroatoms. The molecule has 5 fully saturated rings. The highest BCUT2D eigenvalue weighted by Gasteiger charge is 2.70. The highest BCUT2D eigenvalue weighted by atomic mass is 28.4. The summed E-state index contributed by atoms with van der Waals surface area (Å²) >= 11 is 0. The van der Waals surface area contributed by atoms with E-state index in [1.165, 1.54) is 70.6 Å². The molecule has 0 saturated heterocycles. The quantitative estimate of drug-likeness (QED) is 0.343. The van der Waals surface area contributed by atoms with Crippen molar-refractivity contribution >= 4 is 8.32 Å². The lowest BCUT2D eigenvalue weighted by Gasteiger charge is -2.75. The highest BCUT2D eigenvalue weighted by Crippen LogP contribution is 2.78. The van der Waals surface area contributed by atoms with Gasteiger partial charge in [0.1, 0.15) is 0 Å². The summed E-state index contributed by atoms with van der Waals surface area (Å²) in [4.78, 5) is 0. The standard InChI is InChI=1S/C33H60OSi/c1-28(2)18-12-19-30(5)23(28)15-21-32(7)25(30)13-14-26-31(6)20-17-27(34-35(9,10)11)29(3,4)24(31)16-22-33(26,32)8/h23-27H,12-22H2,1-11H3. The SMILES string of the molecule is CC1(C)CCCC2(C)C1CCC1(C)C2CCC2C3(C)CCC(O[Si](C)(C)C)C(C)(C)C3CCC21C. The van der Waals surface area contributed by atoms with Gasteiger partial charge in [-0.1, -0.05) is 61.8 Å². The molecule has 0 radical (unpaired) electrons. The summed E-state index contributed by atoms with van der Waals surface area (Å²) in [6, 6.07) is 0. The maximum atomic E-state index is 6.89. The van der Waals surface area contributed by atoms with Gasteiger partial charge in [0.05, 0.1) is 6.10 Å². The van der Waals surface area contributed by atoms with Crippen molar-refractivity contribution in [2.45, 2.75) is 152 Å². The molecule has 0 aromatic carbocycles. The van der Waals surface area contributed by atoms with E-state index in [4.69, 9.17) is 4.43 Å². The van der Waals surface area contributed by atoms with Gasteiger partial charge in [-0.05, 0) is 140 Å². The van der Waals surface area contributed by atoms with Crippen molar-refractivity contribution in [3.8, 4) is 0 Å². The van der Waals surface area contributed by atoms with Gasteiger partial charge in [-0.2, -0.15) is 0 Å². The first-order valence-electron chi connectivity index (χ1n) is 15.6. The van der Waals surface area contributed by atoms with Gasteiger partial charge >= 0.3 is 0 Å². The first-order chi connectivity index (χ1) is 15.9. The Hall–Kier alpha value is 0.177. The van der Waals surface area contributed by atoms with E-state index in [-0.39, 0.29) is 0 Å². The Kier molecular flexibility index (Phi) is 6.01. The average molecular weight is 501 g/mol. The highest BCUT2D eigenvalue weighted by molar-refractivity contribution is 6.69. The van der Waals surface area contributed by atoms with Crippen molar-refractivity contribution < 1.29 is 4.43 Å². The van der Waals surface area contributed by atoms with E-state index in [0.717, 1.165) is 23.7 Å².